The number of ketones is 2. The minimum Gasteiger partial charge on any atom is -0.458 e. The first-order chi connectivity index (χ1) is 13.1. The van der Waals surface area contributed by atoms with Crippen molar-refractivity contribution >= 4 is 17.5 Å². The second kappa shape index (κ2) is 6.23. The molecule has 0 radical (unpaired) electrons. The maximum Gasteiger partial charge on any atom is 0.303 e. The van der Waals surface area contributed by atoms with Crippen LogP contribution in [0.25, 0.3) is 0 Å². The molecule has 0 spiro atoms. The first kappa shape index (κ1) is 19.3. The van der Waals surface area contributed by atoms with Gasteiger partial charge in [0.05, 0.1) is 0 Å². The van der Waals surface area contributed by atoms with Gasteiger partial charge in [0.2, 0.25) is 0 Å². The number of carbonyl (C=O) groups is 3. The molecule has 0 amide bonds. The number of alkyl halides is 1. The van der Waals surface area contributed by atoms with Crippen molar-refractivity contribution in [1.29, 1.82) is 0 Å². The zero-order chi connectivity index (χ0) is 20.3. The van der Waals surface area contributed by atoms with Crippen LogP contribution in [0.1, 0.15) is 46.5 Å². The minimum absolute atomic E-state index is 0.0539. The third-order valence-corrected chi connectivity index (χ3v) is 8.03. The number of Topliss-reactive ketones (excluding diaryl/α,β-unsaturated/α-hetero) is 1. The normalized spacial score (nSPS) is 43.6. The highest BCUT2D eigenvalue weighted by atomic mass is 19.1. The highest BCUT2D eigenvalue weighted by Crippen LogP contribution is 2.67. The monoisotopic (exact) mass is 386 g/mol. The number of carbonyl (C=O) groups excluding carboxylic acids is 3. The van der Waals surface area contributed by atoms with Crippen LogP contribution in [0.4, 0.5) is 4.39 Å². The quantitative estimate of drug-likeness (QED) is 0.690. The molecule has 4 aliphatic carbocycles. The molecule has 150 valence electrons. The third-order valence-electron chi connectivity index (χ3n) is 8.03. The van der Waals surface area contributed by atoms with Gasteiger partial charge >= 0.3 is 5.97 Å². The number of rotatable bonds is 3. The molecular weight excluding hydrogens is 359 g/mol. The van der Waals surface area contributed by atoms with E-state index in [1.165, 1.54) is 13.0 Å². The molecule has 0 unspecified atom stereocenters. The highest BCUT2D eigenvalue weighted by molar-refractivity contribution is 6.01. The van der Waals surface area contributed by atoms with Gasteiger partial charge in [-0.2, -0.15) is 0 Å². The Kier molecular flexibility index (Phi) is 4.29. The van der Waals surface area contributed by atoms with Crippen LogP contribution in [0.3, 0.4) is 0 Å². The Bertz CT molecular complexity index is 840. The average molecular weight is 386 g/mol. The van der Waals surface area contributed by atoms with E-state index in [9.17, 15) is 14.4 Å². The molecule has 5 heteroatoms. The van der Waals surface area contributed by atoms with Crippen LogP contribution in [0, 0.1) is 28.6 Å². The number of ether oxygens (including phenoxy) is 1. The molecule has 0 aromatic carbocycles. The lowest BCUT2D eigenvalue weighted by atomic mass is 9.48. The summed E-state index contributed by atoms with van der Waals surface area (Å²) >= 11 is 0. The molecule has 0 saturated heterocycles. The molecule has 0 aliphatic heterocycles. The van der Waals surface area contributed by atoms with E-state index < -0.39 is 17.1 Å². The second-order valence-electron chi connectivity index (χ2n) is 9.27. The summed E-state index contributed by atoms with van der Waals surface area (Å²) in [5, 5.41) is 0. The zero-order valence-electron chi connectivity index (χ0n) is 16.7. The largest absolute Gasteiger partial charge is 0.458 e. The highest BCUT2D eigenvalue weighted by Gasteiger charge is 2.66. The summed E-state index contributed by atoms with van der Waals surface area (Å²) in [5.41, 5.74) is -1.85. The summed E-state index contributed by atoms with van der Waals surface area (Å²) < 4.78 is 21.6. The maximum absolute atomic E-state index is 16.6. The zero-order valence-corrected chi connectivity index (χ0v) is 16.7. The summed E-state index contributed by atoms with van der Waals surface area (Å²) in [6, 6.07) is 0. The molecule has 0 aromatic rings. The number of allylic oxidation sites excluding steroid dienone is 6. The van der Waals surface area contributed by atoms with Crippen LogP contribution >= 0.6 is 0 Å². The van der Waals surface area contributed by atoms with E-state index in [0.717, 1.165) is 12.0 Å². The standard InChI is InChI=1S/C23H27FO4/c1-14(25)28-13-20(27)19-7-6-17-18-5-4-15-12-16(26)8-9-22(15,3)23(18,24)11-10-21(17,19)2/h4-5,8-9,12,17-19H,6-7,10-11,13H2,1-3H3/t17-,18-,19+,21-,22-,23+/m0/s1. The molecule has 2 saturated carbocycles. The van der Waals surface area contributed by atoms with Crippen molar-refractivity contribution in [3.8, 4) is 0 Å². The van der Waals surface area contributed by atoms with Crippen molar-refractivity contribution in [2.45, 2.75) is 52.1 Å². The van der Waals surface area contributed by atoms with Crippen molar-refractivity contribution in [3.05, 3.63) is 36.0 Å². The lowest BCUT2D eigenvalue weighted by Gasteiger charge is -2.58. The van der Waals surface area contributed by atoms with E-state index in [2.05, 4.69) is 6.92 Å². The molecule has 28 heavy (non-hydrogen) atoms. The first-order valence-electron chi connectivity index (χ1n) is 10.1. The van der Waals surface area contributed by atoms with Gasteiger partial charge in [0, 0.05) is 24.2 Å². The molecule has 0 aromatic heterocycles. The van der Waals surface area contributed by atoms with E-state index >= 15 is 4.39 Å². The average Bonchev–Trinajstić information content (AvgIpc) is 2.98. The van der Waals surface area contributed by atoms with E-state index in [0.29, 0.717) is 19.3 Å². The van der Waals surface area contributed by atoms with Gasteiger partial charge in [-0.25, -0.2) is 4.39 Å². The van der Waals surface area contributed by atoms with Crippen molar-refractivity contribution in [2.24, 2.45) is 28.6 Å². The number of esters is 1. The fourth-order valence-electron chi connectivity index (χ4n) is 6.35. The van der Waals surface area contributed by atoms with Crippen LogP contribution in [-0.2, 0) is 19.1 Å². The van der Waals surface area contributed by atoms with Crippen LogP contribution in [0.15, 0.2) is 36.0 Å². The Labute approximate surface area is 164 Å². The Morgan fingerprint density at radius 1 is 1.21 bits per heavy atom. The Morgan fingerprint density at radius 2 is 1.96 bits per heavy atom. The van der Waals surface area contributed by atoms with Crippen molar-refractivity contribution in [1.82, 2.24) is 0 Å². The molecule has 4 nitrogen and oxygen atoms in total. The third kappa shape index (κ3) is 2.51. The van der Waals surface area contributed by atoms with Gasteiger partial charge in [0.1, 0.15) is 12.3 Å². The molecule has 4 rings (SSSR count). The molecule has 6 atom stereocenters. The summed E-state index contributed by atoms with van der Waals surface area (Å²) in [6.07, 6.45) is 11.0. The SMILES string of the molecule is CC(=O)OCC(=O)[C@H]1CC[C@H]2[C@@H]3C=CC4=CC(=O)C=C[C@]4(C)[C@@]3(F)CC[C@]12C. The van der Waals surface area contributed by atoms with Crippen molar-refractivity contribution in [3.63, 3.8) is 0 Å². The lowest BCUT2D eigenvalue weighted by Crippen LogP contribution is -2.58. The van der Waals surface area contributed by atoms with E-state index in [-0.39, 0.29) is 41.3 Å². The molecule has 0 N–H and O–H groups in total. The Hall–Kier alpha value is -2.04. The summed E-state index contributed by atoms with van der Waals surface area (Å²) in [4.78, 5) is 35.6. The van der Waals surface area contributed by atoms with E-state index in [4.69, 9.17) is 4.74 Å². The van der Waals surface area contributed by atoms with Crippen LogP contribution in [0.5, 0.6) is 0 Å². The van der Waals surface area contributed by atoms with E-state index in [1.54, 1.807) is 12.2 Å². The molecule has 0 bridgehead atoms. The van der Waals surface area contributed by atoms with Crippen LogP contribution < -0.4 is 0 Å². The van der Waals surface area contributed by atoms with Crippen molar-refractivity contribution < 1.29 is 23.5 Å². The van der Waals surface area contributed by atoms with Gasteiger partial charge in [0.15, 0.2) is 11.6 Å². The smallest absolute Gasteiger partial charge is 0.303 e. The van der Waals surface area contributed by atoms with Gasteiger partial charge in [-0.3, -0.25) is 14.4 Å². The fourth-order valence-corrected chi connectivity index (χ4v) is 6.35. The second-order valence-corrected chi connectivity index (χ2v) is 9.27. The molecule has 4 aliphatic rings. The van der Waals surface area contributed by atoms with Gasteiger partial charge in [-0.05, 0) is 61.7 Å². The maximum atomic E-state index is 16.6. The number of fused-ring (bicyclic) bond motifs is 5. The summed E-state index contributed by atoms with van der Waals surface area (Å²) in [5.74, 6) is -1.06. The lowest BCUT2D eigenvalue weighted by molar-refractivity contribution is -0.150. The van der Waals surface area contributed by atoms with Crippen LogP contribution in [-0.4, -0.2) is 29.8 Å². The fraction of sp³-hybridized carbons (Fsp3) is 0.609. The molecule has 2 fully saturated rings. The van der Waals surface area contributed by atoms with Gasteiger partial charge in [0.25, 0.3) is 0 Å². The van der Waals surface area contributed by atoms with Gasteiger partial charge in [-0.1, -0.05) is 25.2 Å². The minimum atomic E-state index is -1.47. The first-order valence-corrected chi connectivity index (χ1v) is 10.1. The van der Waals surface area contributed by atoms with Crippen molar-refractivity contribution in [2.75, 3.05) is 6.61 Å². The van der Waals surface area contributed by atoms with E-state index in [1.807, 2.05) is 19.1 Å². The predicted octanol–water partition coefficient (Wildman–Crippen LogP) is 3.91. The Balaban J connectivity index is 1.66. The number of halogens is 1. The molecule has 0 heterocycles. The topological polar surface area (TPSA) is 60.4 Å². The van der Waals surface area contributed by atoms with Crippen LogP contribution in [0.2, 0.25) is 0 Å². The number of hydrogen-bond acceptors (Lipinski definition) is 4. The van der Waals surface area contributed by atoms with Gasteiger partial charge in [-0.15, -0.1) is 0 Å². The summed E-state index contributed by atoms with van der Waals surface area (Å²) in [6.45, 7) is 5.09. The number of hydrogen-bond donors (Lipinski definition) is 0. The molecular formula is C23H27FO4. The summed E-state index contributed by atoms with van der Waals surface area (Å²) in [7, 11) is 0. The Morgan fingerprint density at radius 3 is 2.68 bits per heavy atom. The predicted molar refractivity (Wildman–Crippen MR) is 102 cm³/mol. The van der Waals surface area contributed by atoms with Gasteiger partial charge < -0.3 is 4.74 Å².